The van der Waals surface area contributed by atoms with Crippen molar-refractivity contribution in [2.45, 2.75) is 84.0 Å². The van der Waals surface area contributed by atoms with E-state index in [0.29, 0.717) is 0 Å². The molecule has 1 atom stereocenters. The van der Waals surface area contributed by atoms with Gasteiger partial charge in [-0.05, 0) is 13.3 Å². The van der Waals surface area contributed by atoms with Crippen molar-refractivity contribution in [2.24, 2.45) is 0 Å². The summed E-state index contributed by atoms with van der Waals surface area (Å²) in [5.74, 6) is -2.89. The number of rotatable bonds is 21. The number of esters is 1. The Balaban J connectivity index is 4.01. The van der Waals surface area contributed by atoms with Gasteiger partial charge in [0.15, 0.2) is 0 Å². The number of aliphatic hydroxyl groups excluding tert-OH is 1. The summed E-state index contributed by atoms with van der Waals surface area (Å²) in [5.41, 5.74) is 0.164. The van der Waals surface area contributed by atoms with E-state index in [4.69, 9.17) is 24.1 Å². The Morgan fingerprint density at radius 3 is 1.97 bits per heavy atom. The minimum atomic E-state index is -2.15. The van der Waals surface area contributed by atoms with E-state index in [1.165, 1.54) is 51.9 Å². The summed E-state index contributed by atoms with van der Waals surface area (Å²) in [7, 11) is 0. The topological polar surface area (TPSA) is 94.5 Å². The third-order valence-electron chi connectivity index (χ3n) is 4.32. The zero-order valence-corrected chi connectivity index (χ0v) is 18.5. The molecule has 0 saturated heterocycles. The minimum absolute atomic E-state index is 0.0673. The summed E-state index contributed by atoms with van der Waals surface area (Å²) in [6, 6.07) is 0. The molecule has 0 spiro atoms. The van der Waals surface area contributed by atoms with Crippen LogP contribution in [-0.2, 0) is 23.7 Å². The van der Waals surface area contributed by atoms with Crippen molar-refractivity contribution in [1.82, 2.24) is 0 Å². The van der Waals surface area contributed by atoms with Crippen LogP contribution in [0.4, 0.5) is 0 Å². The Morgan fingerprint density at radius 2 is 1.41 bits per heavy atom. The molecule has 7 nitrogen and oxygen atoms in total. The predicted octanol–water partition coefficient (Wildman–Crippen LogP) is 3.71. The minimum Gasteiger partial charge on any atom is -0.402 e. The molecule has 0 saturated carbocycles. The SMILES string of the molecule is C=C(C)C(=O)OC(O)(COCCOCCO)OCCCCCCCCCCCC. The number of hydrogen-bond donors (Lipinski definition) is 2. The van der Waals surface area contributed by atoms with Crippen LogP contribution in [0.15, 0.2) is 12.2 Å². The summed E-state index contributed by atoms with van der Waals surface area (Å²) in [4.78, 5) is 11.8. The molecule has 0 aromatic carbocycles. The maximum Gasteiger partial charge on any atom is 0.351 e. The van der Waals surface area contributed by atoms with Gasteiger partial charge in [-0.15, -0.1) is 0 Å². The van der Waals surface area contributed by atoms with Crippen LogP contribution in [0.2, 0.25) is 0 Å². The molecule has 0 radical (unpaired) electrons. The van der Waals surface area contributed by atoms with Crippen molar-refractivity contribution in [3.8, 4) is 0 Å². The van der Waals surface area contributed by atoms with Crippen LogP contribution < -0.4 is 0 Å². The largest absolute Gasteiger partial charge is 0.402 e. The Hall–Kier alpha value is -0.990. The monoisotopic (exact) mass is 418 g/mol. The van der Waals surface area contributed by atoms with Crippen molar-refractivity contribution < 1.29 is 34.0 Å². The second-order valence-electron chi connectivity index (χ2n) is 7.30. The van der Waals surface area contributed by atoms with Crippen molar-refractivity contribution >= 4 is 5.97 Å². The number of carbonyl (C=O) groups excluding carboxylic acids is 1. The quantitative estimate of drug-likeness (QED) is 0.127. The highest BCUT2D eigenvalue weighted by Crippen LogP contribution is 2.15. The van der Waals surface area contributed by atoms with Gasteiger partial charge in [0.1, 0.15) is 6.61 Å². The van der Waals surface area contributed by atoms with Gasteiger partial charge >= 0.3 is 11.9 Å². The van der Waals surface area contributed by atoms with Gasteiger partial charge in [0.25, 0.3) is 0 Å². The van der Waals surface area contributed by atoms with Crippen LogP contribution in [0.25, 0.3) is 0 Å². The molecule has 0 aliphatic carbocycles. The summed E-state index contributed by atoms with van der Waals surface area (Å²) in [6.45, 7) is 7.74. The molecule has 0 aliphatic rings. The zero-order valence-electron chi connectivity index (χ0n) is 18.5. The summed E-state index contributed by atoms with van der Waals surface area (Å²) >= 11 is 0. The van der Waals surface area contributed by atoms with Gasteiger partial charge in [0.05, 0.1) is 33.0 Å². The third kappa shape index (κ3) is 17.6. The lowest BCUT2D eigenvalue weighted by Crippen LogP contribution is -2.43. The van der Waals surface area contributed by atoms with Crippen molar-refractivity contribution in [3.63, 3.8) is 0 Å². The second-order valence-corrected chi connectivity index (χ2v) is 7.30. The number of aliphatic hydroxyl groups is 2. The molecule has 0 aromatic heterocycles. The molecule has 1 unspecified atom stereocenters. The molecule has 0 heterocycles. The van der Waals surface area contributed by atoms with Crippen LogP contribution in [0, 0.1) is 0 Å². The highest BCUT2D eigenvalue weighted by molar-refractivity contribution is 5.87. The second kappa shape index (κ2) is 19.0. The van der Waals surface area contributed by atoms with Crippen LogP contribution in [0.5, 0.6) is 0 Å². The van der Waals surface area contributed by atoms with Gasteiger partial charge in [0.2, 0.25) is 0 Å². The van der Waals surface area contributed by atoms with E-state index < -0.39 is 11.9 Å². The van der Waals surface area contributed by atoms with Gasteiger partial charge < -0.3 is 29.2 Å². The number of unbranched alkanes of at least 4 members (excludes halogenated alkanes) is 9. The van der Waals surface area contributed by atoms with Crippen LogP contribution in [-0.4, -0.2) is 61.8 Å². The Labute approximate surface area is 176 Å². The first-order valence-electron chi connectivity index (χ1n) is 11.0. The average Bonchev–Trinajstić information content (AvgIpc) is 2.68. The smallest absolute Gasteiger partial charge is 0.351 e. The van der Waals surface area contributed by atoms with E-state index in [2.05, 4.69) is 13.5 Å². The van der Waals surface area contributed by atoms with Gasteiger partial charge in [-0.1, -0.05) is 71.3 Å². The highest BCUT2D eigenvalue weighted by atomic mass is 16.8. The first-order valence-corrected chi connectivity index (χ1v) is 11.0. The molecule has 0 aliphatic heterocycles. The molecular weight excluding hydrogens is 376 g/mol. The molecule has 0 fully saturated rings. The van der Waals surface area contributed by atoms with Crippen LogP contribution >= 0.6 is 0 Å². The summed E-state index contributed by atoms with van der Waals surface area (Å²) < 4.78 is 20.8. The molecule has 7 heteroatoms. The van der Waals surface area contributed by atoms with Crippen LogP contribution in [0.3, 0.4) is 0 Å². The normalized spacial score (nSPS) is 13.2. The van der Waals surface area contributed by atoms with Gasteiger partial charge in [-0.2, -0.15) is 0 Å². The molecule has 29 heavy (non-hydrogen) atoms. The number of hydrogen-bond acceptors (Lipinski definition) is 7. The lowest BCUT2D eigenvalue weighted by molar-refractivity contribution is -0.357. The van der Waals surface area contributed by atoms with E-state index in [0.717, 1.165) is 19.3 Å². The van der Waals surface area contributed by atoms with Gasteiger partial charge in [-0.3, -0.25) is 0 Å². The molecule has 0 rings (SSSR count). The average molecular weight is 419 g/mol. The maximum atomic E-state index is 11.8. The molecule has 0 bridgehead atoms. The molecule has 172 valence electrons. The fraction of sp³-hybridized carbons (Fsp3) is 0.864. The third-order valence-corrected chi connectivity index (χ3v) is 4.32. The van der Waals surface area contributed by atoms with E-state index in [-0.39, 0.29) is 45.2 Å². The molecule has 2 N–H and O–H groups in total. The van der Waals surface area contributed by atoms with E-state index in [1.54, 1.807) is 0 Å². The maximum absolute atomic E-state index is 11.8. The van der Waals surface area contributed by atoms with Crippen LogP contribution in [0.1, 0.15) is 78.1 Å². The van der Waals surface area contributed by atoms with Gasteiger partial charge in [0, 0.05) is 5.57 Å². The highest BCUT2D eigenvalue weighted by Gasteiger charge is 2.33. The first-order chi connectivity index (χ1) is 13.9. The van der Waals surface area contributed by atoms with Crippen molar-refractivity contribution in [3.05, 3.63) is 12.2 Å². The predicted molar refractivity (Wildman–Crippen MR) is 112 cm³/mol. The molecule has 0 aromatic rings. The Bertz CT molecular complexity index is 414. The van der Waals surface area contributed by atoms with Crippen molar-refractivity contribution in [1.29, 1.82) is 0 Å². The fourth-order valence-electron chi connectivity index (χ4n) is 2.64. The van der Waals surface area contributed by atoms with Crippen molar-refractivity contribution in [2.75, 3.05) is 39.6 Å². The lowest BCUT2D eigenvalue weighted by atomic mass is 10.1. The number of ether oxygens (including phenoxy) is 4. The Kier molecular flexibility index (Phi) is 18.4. The number of carbonyl (C=O) groups is 1. The van der Waals surface area contributed by atoms with E-state index >= 15 is 0 Å². The molecular formula is C22H42O7. The summed E-state index contributed by atoms with van der Waals surface area (Å²) in [6.07, 6.45) is 11.9. The lowest BCUT2D eigenvalue weighted by Gasteiger charge is -2.27. The Morgan fingerprint density at radius 1 is 0.862 bits per heavy atom. The van der Waals surface area contributed by atoms with E-state index in [1.807, 2.05) is 0 Å². The summed E-state index contributed by atoms with van der Waals surface area (Å²) in [5, 5.41) is 19.1. The first kappa shape index (κ1) is 28.0. The molecule has 0 amide bonds. The fourth-order valence-corrected chi connectivity index (χ4v) is 2.64. The standard InChI is InChI=1S/C22H42O7/c1-4-5-6-7-8-9-10-11-12-13-15-28-22(25,29-21(24)20(2)3)19-27-18-17-26-16-14-23/h23,25H,2,4-19H2,1,3H3. The zero-order chi connectivity index (χ0) is 21.8. The van der Waals surface area contributed by atoms with E-state index in [9.17, 15) is 9.90 Å². The van der Waals surface area contributed by atoms with Gasteiger partial charge in [-0.25, -0.2) is 4.79 Å².